The van der Waals surface area contributed by atoms with E-state index in [1.165, 1.54) is 6.92 Å². The van der Waals surface area contributed by atoms with Crippen LogP contribution >= 0.6 is 0 Å². The van der Waals surface area contributed by atoms with Gasteiger partial charge < -0.3 is 10.2 Å². The second-order valence-corrected chi connectivity index (χ2v) is 7.23. The smallest absolute Gasteiger partial charge is 0.248 e. The lowest BCUT2D eigenvalue weighted by atomic mass is 9.80. The number of nitrogens with zero attached hydrogens (tertiary/aromatic N) is 3. The number of carbonyl (C=O) groups is 2. The summed E-state index contributed by atoms with van der Waals surface area (Å²) in [6.07, 6.45) is 4.38. The van der Waals surface area contributed by atoms with Crippen molar-refractivity contribution in [3.63, 3.8) is 0 Å². The first kappa shape index (κ1) is 18.3. The summed E-state index contributed by atoms with van der Waals surface area (Å²) >= 11 is 0. The number of nitrogens with one attached hydrogen (secondary N) is 1. The van der Waals surface area contributed by atoms with Crippen molar-refractivity contribution in [3.8, 4) is 0 Å². The van der Waals surface area contributed by atoms with E-state index in [1.807, 2.05) is 31.2 Å². The van der Waals surface area contributed by atoms with E-state index in [0.29, 0.717) is 25.2 Å². The fraction of sp³-hybridized carbons (Fsp3) is 0.500. The van der Waals surface area contributed by atoms with Gasteiger partial charge in [0.05, 0.1) is 12.1 Å². The highest BCUT2D eigenvalue weighted by Gasteiger charge is 2.42. The van der Waals surface area contributed by atoms with Crippen LogP contribution in [-0.4, -0.2) is 39.3 Å². The van der Waals surface area contributed by atoms with E-state index in [2.05, 4.69) is 15.3 Å². The first-order valence-electron chi connectivity index (χ1n) is 9.18. The molecular formula is C20H26N4O2. The second-order valence-electron chi connectivity index (χ2n) is 7.23. The normalized spacial score (nSPS) is 16.3. The quantitative estimate of drug-likeness (QED) is 0.916. The average molecular weight is 354 g/mol. The molecule has 0 saturated heterocycles. The summed E-state index contributed by atoms with van der Waals surface area (Å²) < 4.78 is 0. The van der Waals surface area contributed by atoms with Gasteiger partial charge in [0.2, 0.25) is 11.8 Å². The molecular weight excluding hydrogens is 328 g/mol. The van der Waals surface area contributed by atoms with Gasteiger partial charge in [-0.3, -0.25) is 9.59 Å². The SMILES string of the molecule is CC(=O)NC1(C(=O)N(C)Cc2nc(C)c3ccccc3n2)CCCCC1. The minimum atomic E-state index is -0.787. The number of benzene rings is 1. The molecule has 1 aliphatic carbocycles. The number of rotatable bonds is 4. The standard InChI is InChI=1S/C20H26N4O2/c1-14-16-9-5-6-10-17(16)22-18(21-14)13-24(3)19(26)20(23-15(2)25)11-7-4-8-12-20/h5-6,9-10H,4,7-8,11-13H2,1-3H3,(H,23,25). The number of amides is 2. The molecule has 26 heavy (non-hydrogen) atoms. The van der Waals surface area contributed by atoms with E-state index in [9.17, 15) is 9.59 Å². The van der Waals surface area contributed by atoms with E-state index < -0.39 is 5.54 Å². The van der Waals surface area contributed by atoms with Crippen LogP contribution in [0.4, 0.5) is 0 Å². The number of fused-ring (bicyclic) bond motifs is 1. The number of hydrogen-bond donors (Lipinski definition) is 1. The van der Waals surface area contributed by atoms with Crippen molar-refractivity contribution in [2.45, 2.75) is 58.0 Å². The molecule has 0 atom stereocenters. The number of likely N-dealkylation sites (N-methyl/N-ethyl adjacent to an activating group) is 1. The van der Waals surface area contributed by atoms with Crippen molar-refractivity contribution in [2.75, 3.05) is 7.05 Å². The first-order valence-corrected chi connectivity index (χ1v) is 9.18. The Morgan fingerprint density at radius 2 is 1.85 bits per heavy atom. The molecule has 1 heterocycles. The topological polar surface area (TPSA) is 75.2 Å². The molecule has 0 bridgehead atoms. The number of carbonyl (C=O) groups excluding carboxylic acids is 2. The maximum atomic E-state index is 13.2. The summed E-state index contributed by atoms with van der Waals surface area (Å²) in [4.78, 5) is 35.6. The molecule has 6 nitrogen and oxygen atoms in total. The van der Waals surface area contributed by atoms with Gasteiger partial charge in [-0.25, -0.2) is 9.97 Å². The summed E-state index contributed by atoms with van der Waals surface area (Å²) in [7, 11) is 1.76. The highest BCUT2D eigenvalue weighted by atomic mass is 16.2. The highest BCUT2D eigenvalue weighted by molar-refractivity contribution is 5.91. The van der Waals surface area contributed by atoms with Crippen molar-refractivity contribution in [2.24, 2.45) is 0 Å². The van der Waals surface area contributed by atoms with Crippen LogP contribution in [0.3, 0.4) is 0 Å². The minimum absolute atomic E-state index is 0.0539. The van der Waals surface area contributed by atoms with Crippen LogP contribution < -0.4 is 5.32 Å². The Hall–Kier alpha value is -2.50. The van der Waals surface area contributed by atoms with Crippen LogP contribution in [0.1, 0.15) is 50.5 Å². The average Bonchev–Trinajstić information content (AvgIpc) is 2.61. The van der Waals surface area contributed by atoms with Crippen LogP contribution in [0.2, 0.25) is 0 Å². The third-order valence-corrected chi connectivity index (χ3v) is 5.10. The van der Waals surface area contributed by atoms with Crippen molar-refractivity contribution in [3.05, 3.63) is 35.8 Å². The lowest BCUT2D eigenvalue weighted by molar-refractivity contribution is -0.142. The zero-order valence-corrected chi connectivity index (χ0v) is 15.7. The molecule has 1 aromatic heterocycles. The molecule has 1 saturated carbocycles. The zero-order valence-electron chi connectivity index (χ0n) is 15.7. The maximum absolute atomic E-state index is 13.2. The third kappa shape index (κ3) is 3.69. The Kier molecular flexibility index (Phi) is 5.20. The van der Waals surface area contributed by atoms with Gasteiger partial charge in [-0.2, -0.15) is 0 Å². The zero-order chi connectivity index (χ0) is 18.7. The first-order chi connectivity index (χ1) is 12.4. The van der Waals surface area contributed by atoms with Crippen molar-refractivity contribution in [1.29, 1.82) is 0 Å². The summed E-state index contributed by atoms with van der Waals surface area (Å²) in [5.74, 6) is 0.402. The molecule has 1 N–H and O–H groups in total. The molecule has 1 aliphatic rings. The van der Waals surface area contributed by atoms with Crippen LogP contribution in [-0.2, 0) is 16.1 Å². The lowest BCUT2D eigenvalue weighted by Crippen LogP contribution is -2.59. The molecule has 2 amide bonds. The Morgan fingerprint density at radius 1 is 1.15 bits per heavy atom. The Morgan fingerprint density at radius 3 is 2.54 bits per heavy atom. The van der Waals surface area contributed by atoms with Crippen molar-refractivity contribution < 1.29 is 9.59 Å². The number of aromatic nitrogens is 2. The molecule has 0 radical (unpaired) electrons. The molecule has 1 aromatic carbocycles. The maximum Gasteiger partial charge on any atom is 0.248 e. The van der Waals surface area contributed by atoms with Crippen LogP contribution in [0, 0.1) is 6.92 Å². The molecule has 2 aromatic rings. The number of para-hydroxylation sites is 1. The third-order valence-electron chi connectivity index (χ3n) is 5.10. The molecule has 0 unspecified atom stereocenters. The van der Waals surface area contributed by atoms with Crippen LogP contribution in [0.25, 0.3) is 10.9 Å². The fourth-order valence-corrected chi connectivity index (χ4v) is 3.90. The van der Waals surface area contributed by atoms with E-state index in [0.717, 1.165) is 35.9 Å². The summed E-state index contributed by atoms with van der Waals surface area (Å²) in [6.45, 7) is 3.75. The van der Waals surface area contributed by atoms with Gasteiger partial charge in [-0.1, -0.05) is 37.5 Å². The Bertz CT molecular complexity index is 828. The van der Waals surface area contributed by atoms with Gasteiger partial charge in [0.15, 0.2) is 0 Å². The van der Waals surface area contributed by atoms with Gasteiger partial charge in [0.1, 0.15) is 11.4 Å². The molecule has 6 heteroatoms. The number of hydrogen-bond acceptors (Lipinski definition) is 4. The van der Waals surface area contributed by atoms with Crippen LogP contribution in [0.15, 0.2) is 24.3 Å². The van der Waals surface area contributed by atoms with Crippen molar-refractivity contribution in [1.82, 2.24) is 20.2 Å². The predicted molar refractivity (Wildman–Crippen MR) is 100 cm³/mol. The Balaban J connectivity index is 1.83. The highest BCUT2D eigenvalue weighted by Crippen LogP contribution is 2.30. The molecule has 0 spiro atoms. The number of aryl methyl sites for hydroxylation is 1. The monoisotopic (exact) mass is 354 g/mol. The molecule has 1 fully saturated rings. The van der Waals surface area contributed by atoms with Gasteiger partial charge in [0.25, 0.3) is 0 Å². The summed E-state index contributed by atoms with van der Waals surface area (Å²) in [5.41, 5.74) is 0.996. The van der Waals surface area contributed by atoms with Crippen LogP contribution in [0.5, 0.6) is 0 Å². The second kappa shape index (κ2) is 7.40. The molecule has 0 aliphatic heterocycles. The van der Waals surface area contributed by atoms with Gasteiger partial charge >= 0.3 is 0 Å². The largest absolute Gasteiger partial charge is 0.342 e. The van der Waals surface area contributed by atoms with E-state index in [1.54, 1.807) is 11.9 Å². The molecule has 138 valence electrons. The lowest BCUT2D eigenvalue weighted by Gasteiger charge is -2.39. The van der Waals surface area contributed by atoms with E-state index in [4.69, 9.17) is 0 Å². The van der Waals surface area contributed by atoms with E-state index >= 15 is 0 Å². The van der Waals surface area contributed by atoms with Crippen molar-refractivity contribution >= 4 is 22.7 Å². The van der Waals surface area contributed by atoms with Gasteiger partial charge in [0, 0.05) is 25.1 Å². The summed E-state index contributed by atoms with van der Waals surface area (Å²) in [5, 5.41) is 3.95. The van der Waals surface area contributed by atoms with Gasteiger partial charge in [-0.15, -0.1) is 0 Å². The fourth-order valence-electron chi connectivity index (χ4n) is 3.90. The predicted octanol–water partition coefficient (Wildman–Crippen LogP) is 2.74. The molecule has 3 rings (SSSR count). The van der Waals surface area contributed by atoms with Gasteiger partial charge in [-0.05, 0) is 25.8 Å². The van der Waals surface area contributed by atoms with E-state index in [-0.39, 0.29) is 11.8 Å². The Labute approximate surface area is 154 Å². The minimum Gasteiger partial charge on any atom is -0.342 e. The summed E-state index contributed by atoms with van der Waals surface area (Å²) in [6, 6.07) is 7.86.